The van der Waals surface area contributed by atoms with Crippen LogP contribution in [0.2, 0.25) is 0 Å². The zero-order chi connectivity index (χ0) is 21.4. The molecule has 1 aliphatic rings. The van der Waals surface area contributed by atoms with Crippen LogP contribution < -0.4 is 0 Å². The molecule has 8 nitrogen and oxygen atoms in total. The molecule has 0 atom stereocenters. The summed E-state index contributed by atoms with van der Waals surface area (Å²) in [7, 11) is 3.81. The third-order valence-electron chi connectivity index (χ3n) is 5.77. The molecule has 4 aromatic rings. The maximum absolute atomic E-state index is 13.5. The van der Waals surface area contributed by atoms with Crippen molar-refractivity contribution < 1.29 is 4.79 Å². The van der Waals surface area contributed by atoms with Crippen LogP contribution in [0.1, 0.15) is 15.9 Å². The lowest BCUT2D eigenvalue weighted by atomic mass is 10.0. The van der Waals surface area contributed by atoms with Gasteiger partial charge in [-0.25, -0.2) is 4.98 Å². The SMILES string of the molecule is Cn1cc(CN2CCN(C(=O)c3cc(-c4cnn(C)c4)nc4ccccc34)CC2)cn1. The van der Waals surface area contributed by atoms with E-state index in [1.807, 2.05) is 72.6 Å². The molecule has 1 amide bonds. The van der Waals surface area contributed by atoms with Crippen LogP contribution in [0.25, 0.3) is 22.2 Å². The summed E-state index contributed by atoms with van der Waals surface area (Å²) in [6, 6.07) is 9.74. The van der Waals surface area contributed by atoms with E-state index in [0.717, 1.165) is 41.8 Å². The molecule has 0 spiro atoms. The number of carbonyl (C=O) groups excluding carboxylic acids is 1. The third kappa shape index (κ3) is 3.94. The number of hydrogen-bond acceptors (Lipinski definition) is 5. The fraction of sp³-hybridized carbons (Fsp3) is 0.304. The van der Waals surface area contributed by atoms with Gasteiger partial charge in [0, 0.05) is 75.7 Å². The molecule has 0 radical (unpaired) electrons. The molecule has 5 rings (SSSR count). The molecular formula is C23H25N7O. The number of amides is 1. The van der Waals surface area contributed by atoms with Gasteiger partial charge in [-0.05, 0) is 12.1 Å². The maximum atomic E-state index is 13.5. The number of aryl methyl sites for hydroxylation is 2. The molecule has 158 valence electrons. The van der Waals surface area contributed by atoms with Gasteiger partial charge in [-0.1, -0.05) is 18.2 Å². The first-order valence-corrected chi connectivity index (χ1v) is 10.4. The first kappa shape index (κ1) is 19.4. The van der Waals surface area contributed by atoms with E-state index in [9.17, 15) is 4.79 Å². The Bertz CT molecular complexity index is 1230. The van der Waals surface area contributed by atoms with Crippen molar-refractivity contribution in [2.45, 2.75) is 6.54 Å². The number of benzene rings is 1. The Balaban J connectivity index is 1.38. The third-order valence-corrected chi connectivity index (χ3v) is 5.77. The number of aromatic nitrogens is 5. The van der Waals surface area contributed by atoms with Gasteiger partial charge < -0.3 is 4.90 Å². The van der Waals surface area contributed by atoms with Gasteiger partial charge in [-0.15, -0.1) is 0 Å². The van der Waals surface area contributed by atoms with Gasteiger partial charge in [0.2, 0.25) is 0 Å². The second-order valence-electron chi connectivity index (χ2n) is 8.07. The number of para-hydroxylation sites is 1. The molecule has 0 unspecified atom stereocenters. The average Bonchev–Trinajstić information content (AvgIpc) is 3.41. The van der Waals surface area contributed by atoms with E-state index in [1.54, 1.807) is 10.9 Å². The Labute approximate surface area is 180 Å². The molecule has 1 aliphatic heterocycles. The quantitative estimate of drug-likeness (QED) is 0.512. The standard InChI is InChI=1S/C23H25N7O/c1-27-14-17(12-24-27)15-29-7-9-30(10-8-29)23(31)20-11-22(18-13-25-28(2)16-18)26-21-6-4-3-5-19(20)21/h3-6,11-14,16H,7-10,15H2,1-2H3. The monoisotopic (exact) mass is 415 g/mol. The maximum Gasteiger partial charge on any atom is 0.254 e. The summed E-state index contributed by atoms with van der Waals surface area (Å²) in [5.74, 6) is 0.0600. The van der Waals surface area contributed by atoms with E-state index in [4.69, 9.17) is 4.98 Å². The summed E-state index contributed by atoms with van der Waals surface area (Å²) >= 11 is 0. The van der Waals surface area contributed by atoms with Gasteiger partial charge in [0.05, 0.1) is 29.2 Å². The topological polar surface area (TPSA) is 72.1 Å². The number of fused-ring (bicyclic) bond motifs is 1. The van der Waals surface area contributed by atoms with Crippen LogP contribution in [0.3, 0.4) is 0 Å². The predicted molar refractivity (Wildman–Crippen MR) is 118 cm³/mol. The second kappa shape index (κ2) is 7.96. The van der Waals surface area contributed by atoms with Crippen molar-refractivity contribution in [1.29, 1.82) is 0 Å². The molecule has 31 heavy (non-hydrogen) atoms. The van der Waals surface area contributed by atoms with E-state index < -0.39 is 0 Å². The highest BCUT2D eigenvalue weighted by Crippen LogP contribution is 2.26. The van der Waals surface area contributed by atoms with Crippen LogP contribution in [-0.4, -0.2) is 66.4 Å². The Morgan fingerprint density at radius 3 is 2.42 bits per heavy atom. The minimum Gasteiger partial charge on any atom is -0.336 e. The van der Waals surface area contributed by atoms with Crippen molar-refractivity contribution in [3.63, 3.8) is 0 Å². The highest BCUT2D eigenvalue weighted by Gasteiger charge is 2.24. The van der Waals surface area contributed by atoms with E-state index in [0.29, 0.717) is 18.7 Å². The zero-order valence-electron chi connectivity index (χ0n) is 17.8. The minimum atomic E-state index is 0.0600. The lowest BCUT2D eigenvalue weighted by Gasteiger charge is -2.34. The molecule has 1 aromatic carbocycles. The normalized spacial score (nSPS) is 15.0. The van der Waals surface area contributed by atoms with Crippen LogP contribution in [0.4, 0.5) is 0 Å². The Kier molecular flexibility index (Phi) is 4.99. The Morgan fingerprint density at radius 2 is 1.71 bits per heavy atom. The number of rotatable bonds is 4. The fourth-order valence-electron chi connectivity index (χ4n) is 4.14. The number of pyridine rings is 1. The molecule has 0 N–H and O–H groups in total. The van der Waals surface area contributed by atoms with Crippen molar-refractivity contribution in [3.05, 3.63) is 66.2 Å². The summed E-state index contributed by atoms with van der Waals surface area (Å²) in [4.78, 5) is 22.6. The van der Waals surface area contributed by atoms with E-state index in [1.165, 1.54) is 5.56 Å². The van der Waals surface area contributed by atoms with Crippen LogP contribution >= 0.6 is 0 Å². The first-order valence-electron chi connectivity index (χ1n) is 10.4. The largest absolute Gasteiger partial charge is 0.336 e. The summed E-state index contributed by atoms with van der Waals surface area (Å²) < 4.78 is 3.57. The van der Waals surface area contributed by atoms with Gasteiger partial charge in [0.15, 0.2) is 0 Å². The molecule has 1 fully saturated rings. The highest BCUT2D eigenvalue weighted by molar-refractivity contribution is 6.07. The Morgan fingerprint density at radius 1 is 0.968 bits per heavy atom. The number of hydrogen-bond donors (Lipinski definition) is 0. The molecule has 0 saturated carbocycles. The van der Waals surface area contributed by atoms with Crippen molar-refractivity contribution >= 4 is 16.8 Å². The minimum absolute atomic E-state index is 0.0600. The van der Waals surface area contributed by atoms with Gasteiger partial charge in [-0.2, -0.15) is 10.2 Å². The molecule has 4 heterocycles. The number of piperazine rings is 1. The van der Waals surface area contributed by atoms with Crippen LogP contribution in [0.5, 0.6) is 0 Å². The van der Waals surface area contributed by atoms with E-state index in [2.05, 4.69) is 15.1 Å². The lowest BCUT2D eigenvalue weighted by molar-refractivity contribution is 0.0630. The first-order chi connectivity index (χ1) is 15.1. The van der Waals surface area contributed by atoms with Gasteiger partial charge >= 0.3 is 0 Å². The zero-order valence-corrected chi connectivity index (χ0v) is 17.8. The molecule has 0 bridgehead atoms. The van der Waals surface area contributed by atoms with Crippen molar-refractivity contribution in [2.75, 3.05) is 26.2 Å². The van der Waals surface area contributed by atoms with Crippen molar-refractivity contribution in [2.24, 2.45) is 14.1 Å². The summed E-state index contributed by atoms with van der Waals surface area (Å²) in [5.41, 5.74) is 4.39. The summed E-state index contributed by atoms with van der Waals surface area (Å²) in [6.07, 6.45) is 7.65. The van der Waals surface area contributed by atoms with Crippen LogP contribution in [0, 0.1) is 0 Å². The van der Waals surface area contributed by atoms with Crippen molar-refractivity contribution in [1.82, 2.24) is 34.3 Å². The van der Waals surface area contributed by atoms with Crippen molar-refractivity contribution in [3.8, 4) is 11.3 Å². The summed E-state index contributed by atoms with van der Waals surface area (Å²) in [6.45, 7) is 3.97. The predicted octanol–water partition coefficient (Wildman–Crippen LogP) is 2.33. The van der Waals surface area contributed by atoms with E-state index in [-0.39, 0.29) is 5.91 Å². The average molecular weight is 416 g/mol. The summed E-state index contributed by atoms with van der Waals surface area (Å²) in [5, 5.41) is 9.38. The molecule has 8 heteroatoms. The molecule has 0 aliphatic carbocycles. The molecule has 1 saturated heterocycles. The molecular weight excluding hydrogens is 390 g/mol. The van der Waals surface area contributed by atoms with E-state index >= 15 is 0 Å². The van der Waals surface area contributed by atoms with Gasteiger partial charge in [0.1, 0.15) is 0 Å². The van der Waals surface area contributed by atoms with Crippen LogP contribution in [-0.2, 0) is 20.6 Å². The smallest absolute Gasteiger partial charge is 0.254 e. The number of nitrogens with zero attached hydrogens (tertiary/aromatic N) is 7. The number of carbonyl (C=O) groups is 1. The fourth-order valence-corrected chi connectivity index (χ4v) is 4.14. The van der Waals surface area contributed by atoms with Crippen LogP contribution in [0.15, 0.2) is 55.1 Å². The highest BCUT2D eigenvalue weighted by atomic mass is 16.2. The Hall–Kier alpha value is -3.52. The lowest BCUT2D eigenvalue weighted by Crippen LogP contribution is -2.48. The van der Waals surface area contributed by atoms with Gasteiger partial charge in [-0.3, -0.25) is 19.1 Å². The van der Waals surface area contributed by atoms with Gasteiger partial charge in [0.25, 0.3) is 5.91 Å². The second-order valence-corrected chi connectivity index (χ2v) is 8.07. The molecule has 3 aromatic heterocycles.